The maximum absolute atomic E-state index is 14.2. The molecule has 2 aromatic carbocycles. The molecule has 2 unspecified atom stereocenters. The zero-order chi connectivity index (χ0) is 30.4. The van der Waals surface area contributed by atoms with E-state index < -0.39 is 41.5 Å². The fourth-order valence-corrected chi connectivity index (χ4v) is 4.21. The molecule has 0 saturated heterocycles. The Labute approximate surface area is 243 Å². The number of rotatable bonds is 14. The van der Waals surface area contributed by atoms with Crippen molar-refractivity contribution in [3.05, 3.63) is 71.3 Å². The van der Waals surface area contributed by atoms with E-state index in [0.29, 0.717) is 17.5 Å². The van der Waals surface area contributed by atoms with E-state index in [4.69, 9.17) is 16.9 Å². The summed E-state index contributed by atoms with van der Waals surface area (Å²) in [5.74, 6) is 1.04. The maximum atomic E-state index is 14.2. The van der Waals surface area contributed by atoms with Gasteiger partial charge >= 0.3 is 6.09 Å². The number of primary amides is 1. The van der Waals surface area contributed by atoms with Crippen LogP contribution in [-0.2, 0) is 25.7 Å². The second kappa shape index (κ2) is 16.1. The van der Waals surface area contributed by atoms with Gasteiger partial charge in [-0.2, -0.15) is 0 Å². The van der Waals surface area contributed by atoms with E-state index in [1.165, 1.54) is 4.90 Å². The van der Waals surface area contributed by atoms with Gasteiger partial charge in [0.25, 0.3) is 0 Å². The van der Waals surface area contributed by atoms with Crippen molar-refractivity contribution >= 4 is 23.8 Å². The van der Waals surface area contributed by atoms with Crippen LogP contribution in [0.3, 0.4) is 0 Å². The number of terminal acetylenes is 1. The molecule has 9 heteroatoms. The van der Waals surface area contributed by atoms with Gasteiger partial charge in [-0.1, -0.05) is 68.2 Å². The fourth-order valence-electron chi connectivity index (χ4n) is 4.21. The lowest BCUT2D eigenvalue weighted by Gasteiger charge is -2.34. The highest BCUT2D eigenvalue weighted by molar-refractivity contribution is 5.92. The number of nitrogens with two attached hydrogens (primary N) is 1. The standard InChI is InChI=1S/C32H42N4O5/c1-6-8-12-21-36(30(39)26(19-20-27(33)37)35-31(40)41-32(3,4)5)28(25-17-15-23(7-2)16-18-25)29(38)34-22-24-13-10-9-11-14-24/h2,9-11,13-18,26,28H,6,8,12,19-22H2,1,3-5H3,(H2,33,37)(H,34,38)(H,35,40). The first kappa shape index (κ1) is 32.9. The Morgan fingerprint density at radius 1 is 1.02 bits per heavy atom. The topological polar surface area (TPSA) is 131 Å². The van der Waals surface area contributed by atoms with E-state index in [-0.39, 0.29) is 25.9 Å². The monoisotopic (exact) mass is 562 g/mol. The first-order valence-corrected chi connectivity index (χ1v) is 13.9. The third-order valence-corrected chi connectivity index (χ3v) is 6.22. The molecule has 9 nitrogen and oxygen atoms in total. The highest BCUT2D eigenvalue weighted by Gasteiger charge is 2.36. The Kier molecular flexibility index (Phi) is 12.9. The molecule has 0 fully saturated rings. The molecule has 0 spiro atoms. The van der Waals surface area contributed by atoms with Crippen LogP contribution in [0.15, 0.2) is 54.6 Å². The average Bonchev–Trinajstić information content (AvgIpc) is 2.93. The third kappa shape index (κ3) is 11.4. The smallest absolute Gasteiger partial charge is 0.408 e. The minimum atomic E-state index is -1.15. The molecule has 0 aliphatic rings. The number of hydrogen-bond donors (Lipinski definition) is 3. The Morgan fingerprint density at radius 2 is 1.68 bits per heavy atom. The zero-order valence-electron chi connectivity index (χ0n) is 24.4. The highest BCUT2D eigenvalue weighted by atomic mass is 16.6. The summed E-state index contributed by atoms with van der Waals surface area (Å²) >= 11 is 0. The minimum absolute atomic E-state index is 0.0495. The SMILES string of the molecule is C#Cc1ccc(C(C(=O)NCc2ccccc2)N(CCCCC)C(=O)C(CCC(N)=O)NC(=O)OC(C)(C)C)cc1. The molecule has 0 radical (unpaired) electrons. The van der Waals surface area contributed by atoms with E-state index in [0.717, 1.165) is 18.4 Å². The molecular formula is C32H42N4O5. The van der Waals surface area contributed by atoms with Crippen LogP contribution >= 0.6 is 0 Å². The Bertz CT molecular complexity index is 1200. The molecule has 0 aromatic heterocycles. The average molecular weight is 563 g/mol. The van der Waals surface area contributed by atoms with E-state index >= 15 is 0 Å². The summed E-state index contributed by atoms with van der Waals surface area (Å²) in [6.45, 7) is 7.66. The fraction of sp³-hybridized carbons (Fsp3) is 0.438. The van der Waals surface area contributed by atoms with Crippen LogP contribution < -0.4 is 16.4 Å². The number of hydrogen-bond acceptors (Lipinski definition) is 5. The highest BCUT2D eigenvalue weighted by Crippen LogP contribution is 2.25. The molecule has 2 atom stereocenters. The number of carbonyl (C=O) groups excluding carboxylic acids is 4. The summed E-state index contributed by atoms with van der Waals surface area (Å²) in [7, 11) is 0. The predicted octanol–water partition coefficient (Wildman–Crippen LogP) is 4.20. The zero-order valence-corrected chi connectivity index (χ0v) is 24.4. The van der Waals surface area contributed by atoms with Gasteiger partial charge < -0.3 is 26.0 Å². The number of alkyl carbamates (subject to hydrolysis) is 1. The summed E-state index contributed by atoms with van der Waals surface area (Å²) in [6, 6.07) is 14.1. The van der Waals surface area contributed by atoms with Crippen molar-refractivity contribution in [2.75, 3.05) is 6.54 Å². The van der Waals surface area contributed by atoms with Crippen LogP contribution in [0.5, 0.6) is 0 Å². The summed E-state index contributed by atoms with van der Waals surface area (Å²) in [4.78, 5) is 53.8. The van der Waals surface area contributed by atoms with Crippen molar-refractivity contribution in [1.82, 2.24) is 15.5 Å². The van der Waals surface area contributed by atoms with Crippen LogP contribution in [0.2, 0.25) is 0 Å². The summed E-state index contributed by atoms with van der Waals surface area (Å²) in [5.41, 5.74) is 6.67. The Hall–Kier alpha value is -4.32. The molecule has 0 heterocycles. The minimum Gasteiger partial charge on any atom is -0.444 e. The number of unbranched alkanes of at least 4 members (excludes halogenated alkanes) is 2. The van der Waals surface area contributed by atoms with E-state index in [1.54, 1.807) is 45.0 Å². The van der Waals surface area contributed by atoms with Gasteiger partial charge in [0.1, 0.15) is 17.7 Å². The van der Waals surface area contributed by atoms with Crippen molar-refractivity contribution in [3.63, 3.8) is 0 Å². The number of carbonyl (C=O) groups is 4. The summed E-state index contributed by atoms with van der Waals surface area (Å²) in [5, 5.41) is 5.56. The number of nitrogens with one attached hydrogen (secondary N) is 2. The quantitative estimate of drug-likeness (QED) is 0.235. The first-order valence-electron chi connectivity index (χ1n) is 13.9. The van der Waals surface area contributed by atoms with Gasteiger partial charge in [0.2, 0.25) is 17.7 Å². The van der Waals surface area contributed by atoms with Crippen LogP contribution in [0.1, 0.15) is 82.5 Å². The lowest BCUT2D eigenvalue weighted by atomic mass is 9.99. The van der Waals surface area contributed by atoms with Gasteiger partial charge in [-0.25, -0.2) is 4.79 Å². The van der Waals surface area contributed by atoms with E-state index in [2.05, 4.69) is 16.6 Å². The van der Waals surface area contributed by atoms with Gasteiger partial charge in [-0.15, -0.1) is 6.42 Å². The molecule has 41 heavy (non-hydrogen) atoms. The van der Waals surface area contributed by atoms with Crippen LogP contribution in [0.4, 0.5) is 4.79 Å². The lowest BCUT2D eigenvalue weighted by molar-refractivity contribution is -0.143. The third-order valence-electron chi connectivity index (χ3n) is 6.22. The van der Waals surface area contributed by atoms with Crippen molar-refractivity contribution in [1.29, 1.82) is 0 Å². The molecule has 0 bridgehead atoms. The number of nitrogens with zero attached hydrogens (tertiary/aromatic N) is 1. The lowest BCUT2D eigenvalue weighted by Crippen LogP contribution is -2.53. The molecule has 0 aliphatic carbocycles. The Balaban J connectivity index is 2.50. The van der Waals surface area contributed by atoms with Crippen molar-refractivity contribution < 1.29 is 23.9 Å². The van der Waals surface area contributed by atoms with Gasteiger partial charge in [0, 0.05) is 25.1 Å². The van der Waals surface area contributed by atoms with Crippen molar-refractivity contribution in [3.8, 4) is 12.3 Å². The van der Waals surface area contributed by atoms with Gasteiger partial charge in [0.15, 0.2) is 0 Å². The summed E-state index contributed by atoms with van der Waals surface area (Å²) in [6.07, 6.45) is 6.89. The van der Waals surface area contributed by atoms with Gasteiger partial charge in [0.05, 0.1) is 0 Å². The van der Waals surface area contributed by atoms with Crippen LogP contribution in [0, 0.1) is 12.3 Å². The normalized spacial score (nSPS) is 12.4. The van der Waals surface area contributed by atoms with E-state index in [1.807, 2.05) is 37.3 Å². The number of ether oxygens (including phenoxy) is 1. The number of benzene rings is 2. The molecule has 0 saturated carbocycles. The molecular weight excluding hydrogens is 520 g/mol. The van der Waals surface area contributed by atoms with Gasteiger partial charge in [-0.05, 0) is 56.9 Å². The molecule has 4 N–H and O–H groups in total. The van der Waals surface area contributed by atoms with Crippen molar-refractivity contribution in [2.24, 2.45) is 5.73 Å². The first-order chi connectivity index (χ1) is 19.4. The van der Waals surface area contributed by atoms with E-state index in [9.17, 15) is 19.2 Å². The van der Waals surface area contributed by atoms with Crippen LogP contribution in [-0.4, -0.2) is 46.9 Å². The second-order valence-electron chi connectivity index (χ2n) is 10.8. The number of amides is 4. The van der Waals surface area contributed by atoms with Crippen LogP contribution in [0.25, 0.3) is 0 Å². The molecule has 220 valence electrons. The molecule has 4 amide bonds. The molecule has 0 aliphatic heterocycles. The Morgan fingerprint density at radius 3 is 2.24 bits per heavy atom. The second-order valence-corrected chi connectivity index (χ2v) is 10.8. The molecule has 2 aromatic rings. The molecule has 2 rings (SSSR count). The predicted molar refractivity (Wildman–Crippen MR) is 158 cm³/mol. The van der Waals surface area contributed by atoms with Gasteiger partial charge in [-0.3, -0.25) is 14.4 Å². The van der Waals surface area contributed by atoms with Crippen molar-refractivity contribution in [2.45, 2.75) is 84.0 Å². The summed E-state index contributed by atoms with van der Waals surface area (Å²) < 4.78 is 5.37. The largest absolute Gasteiger partial charge is 0.444 e. The maximum Gasteiger partial charge on any atom is 0.408 e.